The van der Waals surface area contributed by atoms with Crippen molar-refractivity contribution in [3.8, 4) is 17.2 Å². The van der Waals surface area contributed by atoms with Gasteiger partial charge in [-0.25, -0.2) is 0 Å². The summed E-state index contributed by atoms with van der Waals surface area (Å²) in [7, 11) is 1.89. The van der Waals surface area contributed by atoms with Gasteiger partial charge in [0, 0.05) is 7.05 Å². The zero-order valence-electron chi connectivity index (χ0n) is 12.4. The first-order valence-electron chi connectivity index (χ1n) is 6.74. The summed E-state index contributed by atoms with van der Waals surface area (Å²) in [6.45, 7) is 6.57. The van der Waals surface area contributed by atoms with Gasteiger partial charge in [-0.2, -0.15) is 5.10 Å². The number of anilines is 1. The van der Waals surface area contributed by atoms with Crippen LogP contribution in [0.25, 0.3) is 0 Å². The number of para-hydroxylation sites is 1. The first-order chi connectivity index (χ1) is 9.54. The first kappa shape index (κ1) is 14.2. The molecule has 0 fully saturated rings. The van der Waals surface area contributed by atoms with E-state index in [1.165, 1.54) is 0 Å². The van der Waals surface area contributed by atoms with Gasteiger partial charge >= 0.3 is 0 Å². The number of benzene rings is 1. The van der Waals surface area contributed by atoms with Crippen molar-refractivity contribution in [3.63, 3.8) is 0 Å². The third-order valence-electron chi connectivity index (χ3n) is 3.14. The van der Waals surface area contributed by atoms with Gasteiger partial charge < -0.3 is 15.2 Å². The molecule has 1 aromatic carbocycles. The molecule has 0 saturated heterocycles. The molecule has 5 heteroatoms. The third-order valence-corrected chi connectivity index (χ3v) is 3.14. The van der Waals surface area contributed by atoms with Gasteiger partial charge in [-0.1, -0.05) is 13.0 Å². The van der Waals surface area contributed by atoms with Crippen molar-refractivity contribution < 1.29 is 9.47 Å². The van der Waals surface area contributed by atoms with E-state index in [0.717, 1.165) is 23.6 Å². The number of aryl methyl sites for hydroxylation is 2. The van der Waals surface area contributed by atoms with Crippen LogP contribution in [0.3, 0.4) is 0 Å². The molecule has 0 spiro atoms. The van der Waals surface area contributed by atoms with Crippen LogP contribution in [-0.2, 0) is 7.05 Å². The monoisotopic (exact) mass is 275 g/mol. The molecule has 0 bridgehead atoms. The number of nitrogens with zero attached hydrogens (tertiary/aromatic N) is 2. The van der Waals surface area contributed by atoms with Crippen LogP contribution in [-0.4, -0.2) is 16.4 Å². The molecule has 0 amide bonds. The van der Waals surface area contributed by atoms with Crippen LogP contribution in [0.5, 0.6) is 17.2 Å². The lowest BCUT2D eigenvalue weighted by molar-refractivity contribution is 0.318. The van der Waals surface area contributed by atoms with E-state index < -0.39 is 0 Å². The Labute approximate surface area is 119 Å². The zero-order valence-corrected chi connectivity index (χ0v) is 12.4. The molecule has 2 rings (SSSR count). The molecule has 2 aromatic rings. The van der Waals surface area contributed by atoms with Crippen molar-refractivity contribution in [2.75, 3.05) is 12.3 Å². The molecule has 2 N–H and O–H groups in total. The molecular formula is C15H21N3O2. The van der Waals surface area contributed by atoms with Crippen molar-refractivity contribution >= 4 is 5.69 Å². The Morgan fingerprint density at radius 1 is 1.25 bits per heavy atom. The Hall–Kier alpha value is -2.17. The van der Waals surface area contributed by atoms with Gasteiger partial charge in [0.25, 0.3) is 0 Å². The average Bonchev–Trinajstić information content (AvgIpc) is 2.66. The number of ether oxygens (including phenoxy) is 2. The maximum Gasteiger partial charge on any atom is 0.171 e. The largest absolute Gasteiger partial charge is 0.491 e. The summed E-state index contributed by atoms with van der Waals surface area (Å²) in [5.74, 6) is 1.99. The molecule has 5 nitrogen and oxygen atoms in total. The smallest absolute Gasteiger partial charge is 0.171 e. The van der Waals surface area contributed by atoms with E-state index in [4.69, 9.17) is 15.2 Å². The quantitative estimate of drug-likeness (QED) is 0.851. The van der Waals surface area contributed by atoms with Crippen molar-refractivity contribution in [1.29, 1.82) is 0 Å². The number of nitrogens with two attached hydrogens (primary N) is 1. The minimum Gasteiger partial charge on any atom is -0.491 e. The fourth-order valence-corrected chi connectivity index (χ4v) is 1.96. The minimum atomic E-state index is 0.517. The van der Waals surface area contributed by atoms with E-state index in [1.807, 2.05) is 39.1 Å². The molecule has 0 aliphatic rings. The molecule has 1 aromatic heterocycles. The van der Waals surface area contributed by atoms with Crippen LogP contribution in [0.4, 0.5) is 5.69 Å². The van der Waals surface area contributed by atoms with Gasteiger partial charge in [0.15, 0.2) is 11.5 Å². The predicted molar refractivity (Wildman–Crippen MR) is 79.4 cm³/mol. The third kappa shape index (κ3) is 2.71. The SMILES string of the molecule is CCCOc1cccc(Oc2c(C)nn(C)c2C)c1N. The molecule has 0 saturated carbocycles. The summed E-state index contributed by atoms with van der Waals surface area (Å²) in [4.78, 5) is 0. The van der Waals surface area contributed by atoms with Gasteiger partial charge in [0.05, 0.1) is 12.3 Å². The molecule has 0 aliphatic carbocycles. The van der Waals surface area contributed by atoms with E-state index in [-0.39, 0.29) is 0 Å². The summed E-state index contributed by atoms with van der Waals surface area (Å²) in [6.07, 6.45) is 0.936. The Morgan fingerprint density at radius 2 is 1.95 bits per heavy atom. The number of nitrogen functional groups attached to an aromatic ring is 1. The summed E-state index contributed by atoms with van der Waals surface area (Å²) in [5.41, 5.74) is 8.42. The fraction of sp³-hybridized carbons (Fsp3) is 0.400. The molecule has 20 heavy (non-hydrogen) atoms. The van der Waals surface area contributed by atoms with Crippen molar-refractivity contribution in [2.24, 2.45) is 7.05 Å². The maximum absolute atomic E-state index is 6.10. The van der Waals surface area contributed by atoms with Crippen LogP contribution >= 0.6 is 0 Å². The number of hydrogen-bond donors (Lipinski definition) is 1. The normalized spacial score (nSPS) is 10.6. The maximum atomic E-state index is 6.10. The van der Waals surface area contributed by atoms with Crippen LogP contribution in [0.1, 0.15) is 24.7 Å². The molecule has 0 atom stereocenters. The van der Waals surface area contributed by atoms with E-state index in [1.54, 1.807) is 4.68 Å². The topological polar surface area (TPSA) is 62.3 Å². The second-order valence-corrected chi connectivity index (χ2v) is 4.74. The molecule has 0 unspecified atom stereocenters. The molecule has 0 radical (unpaired) electrons. The summed E-state index contributed by atoms with van der Waals surface area (Å²) in [6, 6.07) is 5.55. The average molecular weight is 275 g/mol. The van der Waals surface area contributed by atoms with Gasteiger partial charge in [0.1, 0.15) is 17.1 Å². The van der Waals surface area contributed by atoms with Gasteiger partial charge in [-0.15, -0.1) is 0 Å². The highest BCUT2D eigenvalue weighted by atomic mass is 16.5. The van der Waals surface area contributed by atoms with Crippen molar-refractivity contribution in [1.82, 2.24) is 9.78 Å². The number of rotatable bonds is 5. The molecule has 1 heterocycles. The van der Waals surface area contributed by atoms with Crippen LogP contribution < -0.4 is 15.2 Å². The van der Waals surface area contributed by atoms with Gasteiger partial charge in [-0.3, -0.25) is 4.68 Å². The zero-order chi connectivity index (χ0) is 14.7. The minimum absolute atomic E-state index is 0.517. The Bertz CT molecular complexity index is 605. The molecule has 0 aliphatic heterocycles. The van der Waals surface area contributed by atoms with Crippen LogP contribution in [0.2, 0.25) is 0 Å². The Kier molecular flexibility index (Phi) is 4.17. The number of hydrogen-bond acceptors (Lipinski definition) is 4. The van der Waals surface area contributed by atoms with E-state index in [9.17, 15) is 0 Å². The second kappa shape index (κ2) is 5.86. The van der Waals surface area contributed by atoms with E-state index in [0.29, 0.717) is 23.8 Å². The molecule has 108 valence electrons. The summed E-state index contributed by atoms with van der Waals surface area (Å²) >= 11 is 0. The van der Waals surface area contributed by atoms with Crippen LogP contribution in [0.15, 0.2) is 18.2 Å². The standard InChI is InChI=1S/C15H21N3O2/c1-5-9-19-12-7-6-8-13(14(12)16)20-15-10(2)17-18(4)11(15)3/h6-8H,5,9,16H2,1-4H3. The first-order valence-corrected chi connectivity index (χ1v) is 6.74. The predicted octanol–water partition coefficient (Wildman–Crippen LogP) is 3.20. The second-order valence-electron chi connectivity index (χ2n) is 4.74. The highest BCUT2D eigenvalue weighted by molar-refractivity contribution is 5.63. The molecular weight excluding hydrogens is 254 g/mol. The van der Waals surface area contributed by atoms with Gasteiger partial charge in [-0.05, 0) is 32.4 Å². The van der Waals surface area contributed by atoms with Crippen LogP contribution in [0, 0.1) is 13.8 Å². The lowest BCUT2D eigenvalue weighted by Crippen LogP contribution is -2.01. The van der Waals surface area contributed by atoms with Crippen molar-refractivity contribution in [2.45, 2.75) is 27.2 Å². The highest BCUT2D eigenvalue weighted by Crippen LogP contribution is 2.36. The fourth-order valence-electron chi connectivity index (χ4n) is 1.96. The Balaban J connectivity index is 2.29. The summed E-state index contributed by atoms with van der Waals surface area (Å²) in [5, 5.41) is 4.33. The lowest BCUT2D eigenvalue weighted by atomic mass is 10.2. The van der Waals surface area contributed by atoms with Crippen molar-refractivity contribution in [3.05, 3.63) is 29.6 Å². The lowest BCUT2D eigenvalue weighted by Gasteiger charge is -2.13. The van der Waals surface area contributed by atoms with Gasteiger partial charge in [0.2, 0.25) is 0 Å². The number of aromatic nitrogens is 2. The van der Waals surface area contributed by atoms with E-state index >= 15 is 0 Å². The van der Waals surface area contributed by atoms with E-state index in [2.05, 4.69) is 12.0 Å². The summed E-state index contributed by atoms with van der Waals surface area (Å²) < 4.78 is 13.3. The Morgan fingerprint density at radius 3 is 2.55 bits per heavy atom. The highest BCUT2D eigenvalue weighted by Gasteiger charge is 2.14.